The molecule has 5 nitrogen and oxygen atoms in total. The number of amides is 1. The molecule has 1 aliphatic heterocycles. The van der Waals surface area contributed by atoms with Crippen LogP contribution in [0.15, 0.2) is 47.4 Å². The van der Waals surface area contributed by atoms with E-state index >= 15 is 0 Å². The number of sulfonamides is 1. The van der Waals surface area contributed by atoms with Crippen molar-refractivity contribution in [1.29, 1.82) is 0 Å². The Kier molecular flexibility index (Phi) is 7.32. The van der Waals surface area contributed by atoms with Gasteiger partial charge in [0.2, 0.25) is 15.9 Å². The second-order valence-electron chi connectivity index (χ2n) is 8.33. The monoisotopic (exact) mass is 428 g/mol. The number of hydrogen-bond acceptors (Lipinski definition) is 3. The fourth-order valence-corrected chi connectivity index (χ4v) is 6.02. The highest BCUT2D eigenvalue weighted by Gasteiger charge is 2.31. The van der Waals surface area contributed by atoms with Gasteiger partial charge in [0.1, 0.15) is 6.04 Å². The van der Waals surface area contributed by atoms with Crippen LogP contribution in [-0.2, 0) is 21.2 Å². The Balaban J connectivity index is 1.92. The number of hydrogen-bond donors (Lipinski definition) is 1. The molecule has 3 rings (SSSR count). The van der Waals surface area contributed by atoms with E-state index in [1.165, 1.54) is 0 Å². The van der Waals surface area contributed by atoms with Gasteiger partial charge in [0.05, 0.1) is 4.90 Å². The van der Waals surface area contributed by atoms with E-state index in [9.17, 15) is 13.2 Å². The minimum absolute atomic E-state index is 0.133. The van der Waals surface area contributed by atoms with Gasteiger partial charge in [0, 0.05) is 13.1 Å². The van der Waals surface area contributed by atoms with E-state index in [0.717, 1.165) is 36.8 Å². The average Bonchev–Trinajstić information content (AvgIpc) is 2.96. The van der Waals surface area contributed by atoms with Crippen LogP contribution in [0.2, 0.25) is 0 Å². The first-order chi connectivity index (χ1) is 14.3. The summed E-state index contributed by atoms with van der Waals surface area (Å²) < 4.78 is 29.5. The fourth-order valence-electron chi connectivity index (χ4n) is 4.38. The standard InChI is InChI=1S/C24H32N2O3S/c1-18-15-19(2)23(20(3)16-18)30(28,29)25-22(17-21-11-7-6-8-12-21)24(27)26-13-9-4-5-10-14-26/h6-8,11-12,15-16,22,25H,4-5,9-10,13-14,17H2,1-3H3/t22-/m1/s1. The molecule has 0 bridgehead atoms. The van der Waals surface area contributed by atoms with Crippen LogP contribution in [-0.4, -0.2) is 38.4 Å². The zero-order valence-corrected chi connectivity index (χ0v) is 19.0. The molecule has 1 fully saturated rings. The Hall–Kier alpha value is -2.18. The van der Waals surface area contributed by atoms with Gasteiger partial charge in [-0.05, 0) is 56.7 Å². The van der Waals surface area contributed by atoms with Crippen LogP contribution in [0.3, 0.4) is 0 Å². The number of aryl methyl sites for hydroxylation is 3. The van der Waals surface area contributed by atoms with Crippen molar-refractivity contribution >= 4 is 15.9 Å². The number of rotatable bonds is 6. The Bertz CT molecular complexity index is 956. The summed E-state index contributed by atoms with van der Waals surface area (Å²) in [5.41, 5.74) is 3.34. The molecule has 1 saturated heterocycles. The summed E-state index contributed by atoms with van der Waals surface area (Å²) in [4.78, 5) is 15.5. The number of nitrogens with one attached hydrogen (secondary N) is 1. The van der Waals surface area contributed by atoms with Crippen molar-refractivity contribution in [2.45, 2.75) is 63.8 Å². The maximum atomic E-state index is 13.4. The first-order valence-corrected chi connectivity index (χ1v) is 12.2. The number of benzene rings is 2. The molecule has 2 aromatic carbocycles. The molecule has 0 radical (unpaired) electrons. The molecule has 1 aliphatic rings. The lowest BCUT2D eigenvalue weighted by Gasteiger charge is -2.27. The minimum atomic E-state index is -3.85. The molecule has 162 valence electrons. The summed E-state index contributed by atoms with van der Waals surface area (Å²) in [5, 5.41) is 0. The lowest BCUT2D eigenvalue weighted by Crippen LogP contribution is -2.50. The molecule has 30 heavy (non-hydrogen) atoms. The number of likely N-dealkylation sites (tertiary alicyclic amines) is 1. The summed E-state index contributed by atoms with van der Waals surface area (Å²) in [5.74, 6) is -0.133. The van der Waals surface area contributed by atoms with Crippen LogP contribution in [0.4, 0.5) is 0 Å². The fraction of sp³-hybridized carbons (Fsp3) is 0.458. The summed E-state index contributed by atoms with van der Waals surface area (Å²) in [6, 6.07) is 12.5. The lowest BCUT2D eigenvalue weighted by molar-refractivity contribution is -0.132. The molecule has 0 aliphatic carbocycles. The second-order valence-corrected chi connectivity index (χ2v) is 9.98. The van der Waals surface area contributed by atoms with E-state index in [1.54, 1.807) is 13.8 Å². The van der Waals surface area contributed by atoms with Crippen molar-refractivity contribution in [3.05, 3.63) is 64.7 Å². The molecular formula is C24H32N2O3S. The van der Waals surface area contributed by atoms with Crippen LogP contribution < -0.4 is 4.72 Å². The van der Waals surface area contributed by atoms with Gasteiger partial charge in [-0.25, -0.2) is 8.42 Å². The third kappa shape index (κ3) is 5.49. The van der Waals surface area contributed by atoms with Gasteiger partial charge in [-0.2, -0.15) is 4.72 Å². The molecule has 1 heterocycles. The molecule has 0 unspecified atom stereocenters. The lowest BCUT2D eigenvalue weighted by atomic mass is 10.1. The van der Waals surface area contributed by atoms with E-state index in [-0.39, 0.29) is 10.8 Å². The Morgan fingerprint density at radius 2 is 1.53 bits per heavy atom. The van der Waals surface area contributed by atoms with Crippen LogP contribution in [0.5, 0.6) is 0 Å². The molecule has 6 heteroatoms. The summed E-state index contributed by atoms with van der Waals surface area (Å²) in [6.45, 7) is 6.93. The van der Waals surface area contributed by atoms with Gasteiger partial charge in [0.15, 0.2) is 0 Å². The normalized spacial score (nSPS) is 16.2. The van der Waals surface area contributed by atoms with Gasteiger partial charge in [-0.15, -0.1) is 0 Å². The molecule has 0 saturated carbocycles. The first kappa shape index (κ1) is 22.5. The Morgan fingerprint density at radius 1 is 0.967 bits per heavy atom. The molecule has 0 spiro atoms. The summed E-state index contributed by atoms with van der Waals surface area (Å²) in [7, 11) is -3.85. The van der Waals surface area contributed by atoms with Gasteiger partial charge in [-0.3, -0.25) is 4.79 Å². The minimum Gasteiger partial charge on any atom is -0.341 e. The first-order valence-electron chi connectivity index (χ1n) is 10.7. The maximum Gasteiger partial charge on any atom is 0.241 e. The SMILES string of the molecule is Cc1cc(C)c(S(=O)(=O)N[C@H](Cc2ccccc2)C(=O)N2CCCCCC2)c(C)c1. The summed E-state index contributed by atoms with van der Waals surface area (Å²) >= 11 is 0. The van der Waals surface area contributed by atoms with Crippen molar-refractivity contribution in [3.63, 3.8) is 0 Å². The topological polar surface area (TPSA) is 66.5 Å². The number of carbonyl (C=O) groups excluding carboxylic acids is 1. The molecule has 0 aromatic heterocycles. The van der Waals surface area contributed by atoms with Crippen molar-refractivity contribution in [2.24, 2.45) is 0 Å². The third-order valence-electron chi connectivity index (χ3n) is 5.67. The second kappa shape index (κ2) is 9.75. The highest BCUT2D eigenvalue weighted by Crippen LogP contribution is 2.23. The van der Waals surface area contributed by atoms with Gasteiger partial charge in [0.25, 0.3) is 0 Å². The van der Waals surface area contributed by atoms with Gasteiger partial charge in [-0.1, -0.05) is 60.9 Å². The van der Waals surface area contributed by atoms with Crippen molar-refractivity contribution in [1.82, 2.24) is 9.62 Å². The van der Waals surface area contributed by atoms with Gasteiger partial charge < -0.3 is 4.90 Å². The van der Waals surface area contributed by atoms with E-state index < -0.39 is 16.1 Å². The molecule has 1 N–H and O–H groups in total. The predicted molar refractivity (Wildman–Crippen MR) is 120 cm³/mol. The smallest absolute Gasteiger partial charge is 0.241 e. The van der Waals surface area contributed by atoms with Gasteiger partial charge >= 0.3 is 0 Å². The van der Waals surface area contributed by atoms with Crippen LogP contribution in [0.25, 0.3) is 0 Å². The average molecular weight is 429 g/mol. The van der Waals surface area contributed by atoms with E-state index in [4.69, 9.17) is 0 Å². The molecule has 1 amide bonds. The zero-order chi connectivity index (χ0) is 21.7. The summed E-state index contributed by atoms with van der Waals surface area (Å²) in [6.07, 6.45) is 4.49. The maximum absolute atomic E-state index is 13.4. The van der Waals surface area contributed by atoms with Crippen molar-refractivity contribution in [3.8, 4) is 0 Å². The van der Waals surface area contributed by atoms with Crippen LogP contribution in [0, 0.1) is 20.8 Å². The van der Waals surface area contributed by atoms with E-state index in [0.29, 0.717) is 30.6 Å². The highest BCUT2D eigenvalue weighted by atomic mass is 32.2. The Labute approximate surface area is 180 Å². The molecular weight excluding hydrogens is 396 g/mol. The largest absolute Gasteiger partial charge is 0.341 e. The predicted octanol–water partition coefficient (Wildman–Crippen LogP) is 3.90. The number of nitrogens with zero attached hydrogens (tertiary/aromatic N) is 1. The number of carbonyl (C=O) groups is 1. The molecule has 2 aromatic rings. The third-order valence-corrected chi connectivity index (χ3v) is 7.45. The zero-order valence-electron chi connectivity index (χ0n) is 18.1. The van der Waals surface area contributed by atoms with E-state index in [2.05, 4.69) is 4.72 Å². The van der Waals surface area contributed by atoms with Crippen LogP contribution >= 0.6 is 0 Å². The van der Waals surface area contributed by atoms with Crippen LogP contribution in [0.1, 0.15) is 47.9 Å². The molecule has 1 atom stereocenters. The van der Waals surface area contributed by atoms with Crippen molar-refractivity contribution < 1.29 is 13.2 Å². The Morgan fingerprint density at radius 3 is 2.10 bits per heavy atom. The van der Waals surface area contributed by atoms with E-state index in [1.807, 2.05) is 54.3 Å². The van der Waals surface area contributed by atoms with Crippen molar-refractivity contribution in [2.75, 3.05) is 13.1 Å². The highest BCUT2D eigenvalue weighted by molar-refractivity contribution is 7.89. The quantitative estimate of drug-likeness (QED) is 0.759.